The van der Waals surface area contributed by atoms with Crippen molar-refractivity contribution < 1.29 is 4.74 Å². The molecule has 5 nitrogen and oxygen atoms in total. The van der Waals surface area contributed by atoms with Crippen molar-refractivity contribution in [2.45, 2.75) is 13.0 Å². The molecule has 1 unspecified atom stereocenters. The zero-order chi connectivity index (χ0) is 10.8. The molecule has 0 aliphatic carbocycles. The molecular weight excluding hydrogens is 260 g/mol. The summed E-state index contributed by atoms with van der Waals surface area (Å²) >= 11 is 3.34. The standard InChI is InChI=1S/C9H11BrN4O/c1-6(11)5-15-9-3-2-8-12-4-7(10)14(8)13-9/h2-4,6H,5,11H2,1H3. The fraction of sp³-hybridized carbons (Fsp3) is 0.333. The maximum atomic E-state index is 5.58. The molecule has 0 aromatic carbocycles. The molecule has 0 saturated carbocycles. The van der Waals surface area contributed by atoms with Gasteiger partial charge in [0.05, 0.1) is 6.20 Å². The SMILES string of the molecule is CC(N)COc1ccc2ncc(Br)n2n1. The van der Waals surface area contributed by atoms with E-state index in [1.807, 2.05) is 13.0 Å². The van der Waals surface area contributed by atoms with Gasteiger partial charge in [-0.05, 0) is 28.9 Å². The van der Waals surface area contributed by atoms with Gasteiger partial charge in [-0.15, -0.1) is 5.10 Å². The molecule has 0 bridgehead atoms. The van der Waals surface area contributed by atoms with Crippen LogP contribution in [0.5, 0.6) is 5.88 Å². The predicted octanol–water partition coefficient (Wildman–Crippen LogP) is 1.22. The van der Waals surface area contributed by atoms with E-state index >= 15 is 0 Å². The number of imidazole rings is 1. The van der Waals surface area contributed by atoms with Gasteiger partial charge in [-0.1, -0.05) is 0 Å². The molecule has 0 fully saturated rings. The monoisotopic (exact) mass is 270 g/mol. The molecule has 0 aliphatic heterocycles. The van der Waals surface area contributed by atoms with Crippen molar-refractivity contribution in [3.05, 3.63) is 22.9 Å². The van der Waals surface area contributed by atoms with Gasteiger partial charge in [0.1, 0.15) is 11.2 Å². The summed E-state index contributed by atoms with van der Waals surface area (Å²) < 4.78 is 7.85. The molecule has 0 aliphatic rings. The Morgan fingerprint density at radius 2 is 2.40 bits per heavy atom. The van der Waals surface area contributed by atoms with Gasteiger partial charge < -0.3 is 10.5 Å². The van der Waals surface area contributed by atoms with E-state index in [1.54, 1.807) is 16.8 Å². The van der Waals surface area contributed by atoms with Crippen LogP contribution in [-0.2, 0) is 0 Å². The largest absolute Gasteiger partial charge is 0.475 e. The summed E-state index contributed by atoms with van der Waals surface area (Å²) in [5.41, 5.74) is 6.35. The third-order valence-corrected chi connectivity index (χ3v) is 2.33. The van der Waals surface area contributed by atoms with Gasteiger partial charge in [0, 0.05) is 12.1 Å². The molecule has 2 N–H and O–H groups in total. The second kappa shape index (κ2) is 4.16. The number of ether oxygens (including phenoxy) is 1. The fourth-order valence-corrected chi connectivity index (χ4v) is 1.49. The minimum absolute atomic E-state index is 0.00581. The van der Waals surface area contributed by atoms with Crippen molar-refractivity contribution in [1.29, 1.82) is 0 Å². The molecule has 6 heteroatoms. The van der Waals surface area contributed by atoms with E-state index in [1.165, 1.54) is 0 Å². The molecule has 15 heavy (non-hydrogen) atoms. The van der Waals surface area contributed by atoms with Crippen molar-refractivity contribution >= 4 is 21.6 Å². The highest BCUT2D eigenvalue weighted by atomic mass is 79.9. The third-order valence-electron chi connectivity index (χ3n) is 1.79. The van der Waals surface area contributed by atoms with Crippen LogP contribution < -0.4 is 10.5 Å². The summed E-state index contributed by atoms with van der Waals surface area (Å²) in [7, 11) is 0. The summed E-state index contributed by atoms with van der Waals surface area (Å²) in [6, 6.07) is 3.61. The fourth-order valence-electron chi connectivity index (χ4n) is 1.12. The second-order valence-corrected chi connectivity index (χ2v) is 4.12. The number of fused-ring (bicyclic) bond motifs is 1. The Hall–Kier alpha value is -1.14. The molecule has 0 amide bonds. The van der Waals surface area contributed by atoms with Gasteiger partial charge in [-0.3, -0.25) is 0 Å². The number of hydrogen-bond acceptors (Lipinski definition) is 4. The first-order chi connectivity index (χ1) is 7.16. The Bertz CT molecular complexity index is 468. The molecule has 1 atom stereocenters. The van der Waals surface area contributed by atoms with E-state index in [9.17, 15) is 0 Å². The number of aromatic nitrogens is 3. The molecule has 2 aromatic heterocycles. The van der Waals surface area contributed by atoms with Crippen molar-refractivity contribution in [3.63, 3.8) is 0 Å². The minimum atomic E-state index is -0.00581. The normalized spacial score (nSPS) is 13.0. The first kappa shape index (κ1) is 10.4. The van der Waals surface area contributed by atoms with Crippen molar-refractivity contribution in [1.82, 2.24) is 14.6 Å². The Morgan fingerprint density at radius 1 is 1.60 bits per heavy atom. The molecule has 0 saturated heterocycles. The maximum Gasteiger partial charge on any atom is 0.231 e. The van der Waals surface area contributed by atoms with E-state index in [0.717, 1.165) is 10.3 Å². The third kappa shape index (κ3) is 2.27. The highest BCUT2D eigenvalue weighted by Crippen LogP contribution is 2.14. The summed E-state index contributed by atoms with van der Waals surface area (Å²) in [5.74, 6) is 0.540. The van der Waals surface area contributed by atoms with E-state index < -0.39 is 0 Å². The van der Waals surface area contributed by atoms with Crippen LogP contribution in [0.3, 0.4) is 0 Å². The van der Waals surface area contributed by atoms with Crippen molar-refractivity contribution in [2.75, 3.05) is 6.61 Å². The average molecular weight is 271 g/mol. The van der Waals surface area contributed by atoms with Crippen LogP contribution in [0, 0.1) is 0 Å². The van der Waals surface area contributed by atoms with E-state index in [0.29, 0.717) is 12.5 Å². The van der Waals surface area contributed by atoms with Gasteiger partial charge in [0.15, 0.2) is 5.65 Å². The quantitative estimate of drug-likeness (QED) is 0.911. The van der Waals surface area contributed by atoms with Gasteiger partial charge in [0.25, 0.3) is 0 Å². The Kier molecular flexibility index (Phi) is 2.88. The summed E-state index contributed by atoms with van der Waals surface area (Å²) in [6.45, 7) is 2.33. The van der Waals surface area contributed by atoms with Crippen LogP contribution in [0.15, 0.2) is 22.9 Å². The average Bonchev–Trinajstić information content (AvgIpc) is 2.57. The summed E-state index contributed by atoms with van der Waals surface area (Å²) in [6.07, 6.45) is 1.69. The van der Waals surface area contributed by atoms with E-state index in [2.05, 4.69) is 26.0 Å². The van der Waals surface area contributed by atoms with Crippen LogP contribution in [-0.4, -0.2) is 27.2 Å². The lowest BCUT2D eigenvalue weighted by atomic mass is 10.4. The summed E-state index contributed by atoms with van der Waals surface area (Å²) in [4.78, 5) is 4.13. The Labute approximate surface area is 95.4 Å². The molecule has 2 rings (SSSR count). The first-order valence-corrected chi connectivity index (χ1v) is 5.35. The zero-order valence-electron chi connectivity index (χ0n) is 8.22. The second-order valence-electron chi connectivity index (χ2n) is 3.31. The van der Waals surface area contributed by atoms with Crippen molar-refractivity contribution in [3.8, 4) is 5.88 Å². The lowest BCUT2D eigenvalue weighted by Crippen LogP contribution is -2.24. The highest BCUT2D eigenvalue weighted by molar-refractivity contribution is 9.10. The molecule has 80 valence electrons. The number of rotatable bonds is 3. The predicted molar refractivity (Wildman–Crippen MR) is 59.8 cm³/mol. The minimum Gasteiger partial charge on any atom is -0.475 e. The number of hydrogen-bond donors (Lipinski definition) is 1. The zero-order valence-corrected chi connectivity index (χ0v) is 9.81. The number of nitrogens with two attached hydrogens (primary N) is 1. The summed E-state index contributed by atoms with van der Waals surface area (Å²) in [5, 5.41) is 4.24. The highest BCUT2D eigenvalue weighted by Gasteiger charge is 2.04. The van der Waals surface area contributed by atoms with Crippen LogP contribution >= 0.6 is 15.9 Å². The lowest BCUT2D eigenvalue weighted by Gasteiger charge is -2.07. The van der Waals surface area contributed by atoms with Gasteiger partial charge >= 0.3 is 0 Å². The molecule has 2 aromatic rings. The van der Waals surface area contributed by atoms with Gasteiger partial charge in [-0.25, -0.2) is 9.50 Å². The smallest absolute Gasteiger partial charge is 0.231 e. The van der Waals surface area contributed by atoms with E-state index in [-0.39, 0.29) is 6.04 Å². The van der Waals surface area contributed by atoms with Gasteiger partial charge in [-0.2, -0.15) is 0 Å². The topological polar surface area (TPSA) is 65.4 Å². The molecular formula is C9H11BrN4O. The van der Waals surface area contributed by atoms with Gasteiger partial charge in [0.2, 0.25) is 5.88 Å². The lowest BCUT2D eigenvalue weighted by molar-refractivity contribution is 0.281. The van der Waals surface area contributed by atoms with Crippen LogP contribution in [0.1, 0.15) is 6.92 Å². The molecule has 0 radical (unpaired) electrons. The maximum absolute atomic E-state index is 5.58. The Morgan fingerprint density at radius 3 is 3.13 bits per heavy atom. The van der Waals surface area contributed by atoms with Crippen LogP contribution in [0.4, 0.5) is 0 Å². The molecule has 0 spiro atoms. The van der Waals surface area contributed by atoms with E-state index in [4.69, 9.17) is 10.5 Å². The van der Waals surface area contributed by atoms with Crippen LogP contribution in [0.2, 0.25) is 0 Å². The number of nitrogens with zero attached hydrogens (tertiary/aromatic N) is 3. The number of halogens is 1. The first-order valence-electron chi connectivity index (χ1n) is 4.55. The van der Waals surface area contributed by atoms with Crippen molar-refractivity contribution in [2.24, 2.45) is 5.73 Å². The van der Waals surface area contributed by atoms with Crippen LogP contribution in [0.25, 0.3) is 5.65 Å². The Balaban J connectivity index is 2.25. The molecule has 2 heterocycles.